The van der Waals surface area contributed by atoms with Crippen LogP contribution in [0.15, 0.2) is 42.5 Å². The van der Waals surface area contributed by atoms with Crippen LogP contribution in [-0.2, 0) is 17.8 Å². The molecule has 2 aromatic rings. The Balaban J connectivity index is 1.66. The largest absolute Gasteiger partial charge is 0.496 e. The zero-order chi connectivity index (χ0) is 17.8. The predicted octanol–water partition coefficient (Wildman–Crippen LogP) is 2.43. The van der Waals surface area contributed by atoms with Crippen LogP contribution < -0.4 is 15.0 Å². The number of benzene rings is 2. The number of amides is 1. The molecular weight excluding hydrogens is 316 g/mol. The summed E-state index contributed by atoms with van der Waals surface area (Å²) in [6.07, 6.45) is 0.927. The van der Waals surface area contributed by atoms with Gasteiger partial charge in [0.05, 0.1) is 26.3 Å². The molecule has 25 heavy (non-hydrogen) atoms. The standard InChI is InChI=1S/C20H24N2O3/c1-14(17-5-3-4-6-19(17)25-2)21-20(24)12-22-10-9-16-8-7-15(13-23)11-18(16)22/h3-8,11,14,23H,9-10,12-13H2,1-2H3,(H,21,24). The van der Waals surface area contributed by atoms with E-state index in [9.17, 15) is 9.90 Å². The fraction of sp³-hybridized carbons (Fsp3) is 0.350. The number of carbonyl (C=O) groups is 1. The van der Waals surface area contributed by atoms with Gasteiger partial charge in [-0.2, -0.15) is 0 Å². The molecule has 0 saturated heterocycles. The Morgan fingerprint density at radius 3 is 2.88 bits per heavy atom. The lowest BCUT2D eigenvalue weighted by Crippen LogP contribution is -2.37. The third-order valence-corrected chi connectivity index (χ3v) is 4.64. The van der Waals surface area contributed by atoms with E-state index < -0.39 is 0 Å². The summed E-state index contributed by atoms with van der Waals surface area (Å²) in [5.41, 5.74) is 4.10. The summed E-state index contributed by atoms with van der Waals surface area (Å²) in [5.74, 6) is 0.745. The van der Waals surface area contributed by atoms with E-state index in [2.05, 4.69) is 10.2 Å². The Hall–Kier alpha value is -2.53. The number of rotatable bonds is 6. The Bertz CT molecular complexity index is 760. The van der Waals surface area contributed by atoms with E-state index in [0.29, 0.717) is 6.54 Å². The van der Waals surface area contributed by atoms with Crippen molar-refractivity contribution in [2.45, 2.75) is 26.0 Å². The van der Waals surface area contributed by atoms with Gasteiger partial charge in [-0.15, -0.1) is 0 Å². The number of hydrogen-bond donors (Lipinski definition) is 2. The number of carbonyl (C=O) groups excluding carboxylic acids is 1. The van der Waals surface area contributed by atoms with Crippen molar-refractivity contribution in [2.75, 3.05) is 25.1 Å². The number of ether oxygens (including phenoxy) is 1. The van der Waals surface area contributed by atoms with Gasteiger partial charge in [0.1, 0.15) is 5.75 Å². The number of methoxy groups -OCH3 is 1. The molecule has 1 heterocycles. The summed E-state index contributed by atoms with van der Waals surface area (Å²) in [7, 11) is 1.63. The minimum atomic E-state index is -0.130. The first-order chi connectivity index (χ1) is 12.1. The van der Waals surface area contributed by atoms with Gasteiger partial charge in [-0.05, 0) is 36.6 Å². The highest BCUT2D eigenvalue weighted by Gasteiger charge is 2.22. The van der Waals surface area contributed by atoms with Gasteiger partial charge in [0, 0.05) is 17.8 Å². The molecule has 132 valence electrons. The second-order valence-electron chi connectivity index (χ2n) is 6.32. The quantitative estimate of drug-likeness (QED) is 0.848. The molecule has 0 spiro atoms. The van der Waals surface area contributed by atoms with Gasteiger partial charge in [-0.3, -0.25) is 4.79 Å². The van der Waals surface area contributed by atoms with E-state index in [1.807, 2.05) is 49.4 Å². The van der Waals surface area contributed by atoms with Gasteiger partial charge in [0.25, 0.3) is 0 Å². The Kier molecular flexibility index (Phi) is 5.24. The molecule has 1 aliphatic rings. The van der Waals surface area contributed by atoms with Crippen LogP contribution >= 0.6 is 0 Å². The van der Waals surface area contributed by atoms with E-state index in [1.165, 1.54) is 5.56 Å². The molecule has 1 atom stereocenters. The summed E-state index contributed by atoms with van der Waals surface area (Å²) in [6, 6.07) is 13.5. The van der Waals surface area contributed by atoms with Crippen LogP contribution in [-0.4, -0.2) is 31.2 Å². The van der Waals surface area contributed by atoms with E-state index in [4.69, 9.17) is 4.74 Å². The van der Waals surface area contributed by atoms with Crippen molar-refractivity contribution in [3.63, 3.8) is 0 Å². The number of hydrogen-bond acceptors (Lipinski definition) is 4. The maximum atomic E-state index is 12.5. The van der Waals surface area contributed by atoms with Crippen LogP contribution in [0.2, 0.25) is 0 Å². The fourth-order valence-electron chi connectivity index (χ4n) is 3.32. The minimum absolute atomic E-state index is 0.0121. The Morgan fingerprint density at radius 2 is 2.12 bits per heavy atom. The van der Waals surface area contributed by atoms with Gasteiger partial charge in [-0.25, -0.2) is 0 Å². The van der Waals surface area contributed by atoms with E-state index >= 15 is 0 Å². The molecule has 1 amide bonds. The molecule has 3 rings (SSSR count). The first-order valence-electron chi connectivity index (χ1n) is 8.52. The molecular formula is C20H24N2O3. The average Bonchev–Trinajstić information content (AvgIpc) is 3.03. The second kappa shape index (κ2) is 7.57. The van der Waals surface area contributed by atoms with Gasteiger partial charge < -0.3 is 20.1 Å². The Labute approximate surface area is 148 Å². The van der Waals surface area contributed by atoms with E-state index in [0.717, 1.165) is 35.5 Å². The van der Waals surface area contributed by atoms with Gasteiger partial charge in [0.15, 0.2) is 0 Å². The number of aliphatic hydroxyl groups is 1. The fourth-order valence-corrected chi connectivity index (χ4v) is 3.32. The highest BCUT2D eigenvalue weighted by molar-refractivity contribution is 5.82. The van der Waals surface area contributed by atoms with Gasteiger partial charge in [0.2, 0.25) is 5.91 Å². The third-order valence-electron chi connectivity index (χ3n) is 4.64. The molecule has 5 nitrogen and oxygen atoms in total. The molecule has 5 heteroatoms. The lowest BCUT2D eigenvalue weighted by Gasteiger charge is -2.22. The SMILES string of the molecule is COc1ccccc1C(C)NC(=O)CN1CCc2ccc(CO)cc21. The number of aliphatic hydroxyl groups excluding tert-OH is 1. The first-order valence-corrected chi connectivity index (χ1v) is 8.52. The summed E-state index contributed by atoms with van der Waals surface area (Å²) in [4.78, 5) is 14.6. The van der Waals surface area contributed by atoms with Crippen molar-refractivity contribution in [1.82, 2.24) is 5.32 Å². The van der Waals surface area contributed by atoms with Crippen molar-refractivity contribution in [2.24, 2.45) is 0 Å². The highest BCUT2D eigenvalue weighted by Crippen LogP contribution is 2.29. The summed E-state index contributed by atoms with van der Waals surface area (Å²) in [5, 5.41) is 12.4. The van der Waals surface area contributed by atoms with Crippen molar-refractivity contribution in [1.29, 1.82) is 0 Å². The lowest BCUT2D eigenvalue weighted by molar-refractivity contribution is -0.120. The second-order valence-corrected chi connectivity index (χ2v) is 6.32. The van der Waals surface area contributed by atoms with Crippen LogP contribution in [0.3, 0.4) is 0 Å². The molecule has 1 unspecified atom stereocenters. The van der Waals surface area contributed by atoms with Crippen molar-refractivity contribution >= 4 is 11.6 Å². The van der Waals surface area contributed by atoms with Crippen LogP contribution in [0.4, 0.5) is 5.69 Å². The van der Waals surface area contributed by atoms with Gasteiger partial charge in [-0.1, -0.05) is 30.3 Å². The third kappa shape index (κ3) is 3.77. The first kappa shape index (κ1) is 17.3. The number of fused-ring (bicyclic) bond motifs is 1. The summed E-state index contributed by atoms with van der Waals surface area (Å²) < 4.78 is 5.37. The molecule has 1 aliphatic heterocycles. The molecule has 2 N–H and O–H groups in total. The van der Waals surface area contributed by atoms with Crippen LogP contribution in [0.25, 0.3) is 0 Å². The Morgan fingerprint density at radius 1 is 1.32 bits per heavy atom. The minimum Gasteiger partial charge on any atom is -0.496 e. The number of anilines is 1. The summed E-state index contributed by atoms with van der Waals surface area (Å²) in [6.45, 7) is 3.09. The number of para-hydroxylation sites is 1. The monoisotopic (exact) mass is 340 g/mol. The normalized spacial score (nSPS) is 14.1. The molecule has 2 aromatic carbocycles. The van der Waals surface area contributed by atoms with Crippen molar-refractivity contribution in [3.05, 3.63) is 59.2 Å². The van der Waals surface area contributed by atoms with Gasteiger partial charge >= 0.3 is 0 Å². The molecule has 0 aliphatic carbocycles. The predicted molar refractivity (Wildman–Crippen MR) is 97.8 cm³/mol. The molecule has 0 radical (unpaired) electrons. The van der Waals surface area contributed by atoms with Crippen LogP contribution in [0, 0.1) is 0 Å². The van der Waals surface area contributed by atoms with E-state index in [-0.39, 0.29) is 18.6 Å². The zero-order valence-electron chi connectivity index (χ0n) is 14.7. The topological polar surface area (TPSA) is 61.8 Å². The average molecular weight is 340 g/mol. The van der Waals surface area contributed by atoms with Crippen LogP contribution in [0.1, 0.15) is 29.7 Å². The maximum Gasteiger partial charge on any atom is 0.239 e. The highest BCUT2D eigenvalue weighted by atomic mass is 16.5. The summed E-state index contributed by atoms with van der Waals surface area (Å²) >= 11 is 0. The number of nitrogens with zero attached hydrogens (tertiary/aromatic N) is 1. The molecule has 0 aromatic heterocycles. The van der Waals surface area contributed by atoms with Crippen molar-refractivity contribution in [3.8, 4) is 5.75 Å². The zero-order valence-corrected chi connectivity index (χ0v) is 14.7. The molecule has 0 fully saturated rings. The number of nitrogens with one attached hydrogen (secondary N) is 1. The van der Waals surface area contributed by atoms with E-state index in [1.54, 1.807) is 7.11 Å². The molecule has 0 bridgehead atoms. The van der Waals surface area contributed by atoms with Crippen LogP contribution in [0.5, 0.6) is 5.75 Å². The van der Waals surface area contributed by atoms with Crippen molar-refractivity contribution < 1.29 is 14.6 Å². The lowest BCUT2D eigenvalue weighted by atomic mass is 10.1. The molecule has 0 saturated carbocycles. The maximum absolute atomic E-state index is 12.5. The smallest absolute Gasteiger partial charge is 0.239 e.